The number of hydrogen-bond acceptors (Lipinski definition) is 3. The number of likely N-dealkylation sites (N-methyl/N-ethyl adjacent to an activating group) is 1. The fourth-order valence-corrected chi connectivity index (χ4v) is 1.37. The highest BCUT2D eigenvalue weighted by molar-refractivity contribution is 5.27. The Kier molecular flexibility index (Phi) is 5.86. The van der Waals surface area contributed by atoms with Gasteiger partial charge in [-0.25, -0.2) is 8.78 Å². The van der Waals surface area contributed by atoms with Crippen molar-refractivity contribution >= 4 is 0 Å². The molecule has 0 aliphatic carbocycles. The molecule has 17 heavy (non-hydrogen) atoms. The molecule has 0 bridgehead atoms. The molecule has 0 saturated carbocycles. The minimum Gasteiger partial charge on any atom is -0.492 e. The van der Waals surface area contributed by atoms with Gasteiger partial charge in [0.15, 0.2) is 0 Å². The quantitative estimate of drug-likeness (QED) is 0.793. The van der Waals surface area contributed by atoms with E-state index in [1.54, 1.807) is 11.9 Å². The summed E-state index contributed by atoms with van der Waals surface area (Å²) in [5, 5.41) is 0. The van der Waals surface area contributed by atoms with Crippen LogP contribution in [0.3, 0.4) is 0 Å². The Labute approximate surface area is 100 Å². The summed E-state index contributed by atoms with van der Waals surface area (Å²) in [5.74, 6) is 0.729. The third-order valence-electron chi connectivity index (χ3n) is 2.35. The van der Waals surface area contributed by atoms with E-state index in [4.69, 9.17) is 10.5 Å². The van der Waals surface area contributed by atoms with Gasteiger partial charge in [0, 0.05) is 13.1 Å². The molecular formula is C12H18F2N2O. The summed E-state index contributed by atoms with van der Waals surface area (Å²) in [6.45, 7) is 1.14. The lowest BCUT2D eigenvalue weighted by molar-refractivity contribution is 0.0935. The molecule has 0 aromatic heterocycles. The highest BCUT2D eigenvalue weighted by atomic mass is 19.3. The topological polar surface area (TPSA) is 38.5 Å². The van der Waals surface area contributed by atoms with E-state index in [0.29, 0.717) is 19.7 Å². The van der Waals surface area contributed by atoms with Gasteiger partial charge in [-0.15, -0.1) is 0 Å². The smallest absolute Gasteiger partial charge is 0.251 e. The van der Waals surface area contributed by atoms with Crippen LogP contribution in [-0.2, 0) is 6.54 Å². The summed E-state index contributed by atoms with van der Waals surface area (Å²) in [6, 6.07) is 7.43. The molecule has 1 rings (SSSR count). The van der Waals surface area contributed by atoms with Crippen LogP contribution in [0.4, 0.5) is 8.78 Å². The fraction of sp³-hybridized carbons (Fsp3) is 0.500. The molecule has 0 unspecified atom stereocenters. The number of benzene rings is 1. The Bertz CT molecular complexity index is 317. The van der Waals surface area contributed by atoms with Gasteiger partial charge >= 0.3 is 0 Å². The van der Waals surface area contributed by atoms with E-state index in [1.807, 2.05) is 24.3 Å². The van der Waals surface area contributed by atoms with Crippen molar-refractivity contribution in [2.45, 2.75) is 13.0 Å². The van der Waals surface area contributed by atoms with Crippen molar-refractivity contribution in [1.82, 2.24) is 4.90 Å². The molecule has 2 N–H and O–H groups in total. The summed E-state index contributed by atoms with van der Waals surface area (Å²) in [7, 11) is 1.65. The highest BCUT2D eigenvalue weighted by Crippen LogP contribution is 2.11. The lowest BCUT2D eigenvalue weighted by Gasteiger charge is -2.16. The highest BCUT2D eigenvalue weighted by Gasteiger charge is 2.07. The Morgan fingerprint density at radius 3 is 2.47 bits per heavy atom. The van der Waals surface area contributed by atoms with Crippen molar-refractivity contribution in [3.63, 3.8) is 0 Å². The Hall–Kier alpha value is -1.20. The molecule has 1 aromatic carbocycles. The van der Waals surface area contributed by atoms with Crippen LogP contribution in [0.1, 0.15) is 5.56 Å². The molecule has 0 saturated heterocycles. The number of alkyl halides is 2. The molecule has 0 heterocycles. The van der Waals surface area contributed by atoms with Crippen LogP contribution in [0.25, 0.3) is 0 Å². The van der Waals surface area contributed by atoms with E-state index in [9.17, 15) is 8.78 Å². The van der Waals surface area contributed by atoms with Gasteiger partial charge in [0.2, 0.25) is 0 Å². The molecule has 0 aliphatic rings. The maximum absolute atomic E-state index is 12.0. The fourth-order valence-electron chi connectivity index (χ4n) is 1.37. The van der Waals surface area contributed by atoms with Gasteiger partial charge in [-0.1, -0.05) is 12.1 Å². The van der Waals surface area contributed by atoms with Gasteiger partial charge in [-0.05, 0) is 24.7 Å². The molecule has 0 fully saturated rings. The number of rotatable bonds is 7. The summed E-state index contributed by atoms with van der Waals surface area (Å²) in [5.41, 5.74) is 6.50. The Balaban J connectivity index is 2.25. The number of ether oxygens (including phenoxy) is 1. The predicted octanol–water partition coefficient (Wildman–Crippen LogP) is 1.72. The molecular weight excluding hydrogens is 226 g/mol. The Morgan fingerprint density at radius 1 is 1.29 bits per heavy atom. The molecule has 0 spiro atoms. The van der Waals surface area contributed by atoms with E-state index in [1.165, 1.54) is 0 Å². The lowest BCUT2D eigenvalue weighted by atomic mass is 10.2. The minimum absolute atomic E-state index is 0.227. The normalized spacial score (nSPS) is 11.2. The van der Waals surface area contributed by atoms with Crippen molar-refractivity contribution in [1.29, 1.82) is 0 Å². The summed E-state index contributed by atoms with van der Waals surface area (Å²) >= 11 is 0. The largest absolute Gasteiger partial charge is 0.492 e. The summed E-state index contributed by atoms with van der Waals surface area (Å²) < 4.78 is 29.5. The second-order valence-electron chi connectivity index (χ2n) is 3.85. The van der Waals surface area contributed by atoms with E-state index in [-0.39, 0.29) is 6.54 Å². The van der Waals surface area contributed by atoms with E-state index >= 15 is 0 Å². The van der Waals surface area contributed by atoms with Gasteiger partial charge < -0.3 is 10.5 Å². The molecule has 0 radical (unpaired) electrons. The van der Waals surface area contributed by atoms with Crippen LogP contribution in [0.2, 0.25) is 0 Å². The van der Waals surface area contributed by atoms with Gasteiger partial charge in [0.1, 0.15) is 12.4 Å². The zero-order chi connectivity index (χ0) is 12.7. The minimum atomic E-state index is -2.30. The SMILES string of the molecule is CN(CCOc1ccc(CN)cc1)CC(F)F. The second kappa shape index (κ2) is 7.19. The van der Waals surface area contributed by atoms with E-state index in [0.717, 1.165) is 11.3 Å². The van der Waals surface area contributed by atoms with Gasteiger partial charge in [-0.2, -0.15) is 0 Å². The van der Waals surface area contributed by atoms with Gasteiger partial charge in [0.05, 0.1) is 6.54 Å². The van der Waals surface area contributed by atoms with E-state index in [2.05, 4.69) is 0 Å². The summed E-state index contributed by atoms with van der Waals surface area (Å²) in [4.78, 5) is 1.54. The standard InChI is InChI=1S/C12H18F2N2O/c1-16(9-12(13)14)6-7-17-11-4-2-10(8-15)3-5-11/h2-5,12H,6-9,15H2,1H3. The van der Waals surface area contributed by atoms with Gasteiger partial charge in [-0.3, -0.25) is 4.90 Å². The first-order chi connectivity index (χ1) is 8.11. The van der Waals surface area contributed by atoms with E-state index < -0.39 is 6.43 Å². The zero-order valence-corrected chi connectivity index (χ0v) is 9.90. The Morgan fingerprint density at radius 2 is 1.94 bits per heavy atom. The van der Waals surface area contributed by atoms with Crippen molar-refractivity contribution in [3.05, 3.63) is 29.8 Å². The lowest BCUT2D eigenvalue weighted by Crippen LogP contribution is -2.28. The van der Waals surface area contributed by atoms with Crippen LogP contribution in [0.15, 0.2) is 24.3 Å². The second-order valence-corrected chi connectivity index (χ2v) is 3.85. The van der Waals surface area contributed by atoms with Crippen LogP contribution >= 0.6 is 0 Å². The van der Waals surface area contributed by atoms with Crippen molar-refractivity contribution in [2.24, 2.45) is 5.73 Å². The summed E-state index contributed by atoms with van der Waals surface area (Å²) in [6.07, 6.45) is -2.30. The first-order valence-electron chi connectivity index (χ1n) is 5.50. The monoisotopic (exact) mass is 244 g/mol. The molecule has 0 atom stereocenters. The predicted molar refractivity (Wildman–Crippen MR) is 63.3 cm³/mol. The third kappa shape index (κ3) is 5.60. The molecule has 3 nitrogen and oxygen atoms in total. The first kappa shape index (κ1) is 13.9. The molecule has 0 aliphatic heterocycles. The van der Waals surface area contributed by atoms with Crippen molar-refractivity contribution in [2.75, 3.05) is 26.7 Å². The molecule has 0 amide bonds. The van der Waals surface area contributed by atoms with Crippen LogP contribution in [0, 0.1) is 0 Å². The van der Waals surface area contributed by atoms with Crippen LogP contribution in [-0.4, -0.2) is 38.1 Å². The number of nitrogens with two attached hydrogens (primary N) is 1. The molecule has 1 aromatic rings. The third-order valence-corrected chi connectivity index (χ3v) is 2.35. The maximum atomic E-state index is 12.0. The number of hydrogen-bond donors (Lipinski definition) is 1. The number of nitrogens with zero attached hydrogens (tertiary/aromatic N) is 1. The first-order valence-corrected chi connectivity index (χ1v) is 5.50. The van der Waals surface area contributed by atoms with Crippen molar-refractivity contribution in [3.8, 4) is 5.75 Å². The maximum Gasteiger partial charge on any atom is 0.251 e. The number of halogens is 2. The zero-order valence-electron chi connectivity index (χ0n) is 9.90. The molecule has 5 heteroatoms. The van der Waals surface area contributed by atoms with Crippen molar-refractivity contribution < 1.29 is 13.5 Å². The van der Waals surface area contributed by atoms with Crippen LogP contribution < -0.4 is 10.5 Å². The van der Waals surface area contributed by atoms with Crippen LogP contribution in [0.5, 0.6) is 5.75 Å². The average molecular weight is 244 g/mol. The average Bonchev–Trinajstić information content (AvgIpc) is 2.29. The molecule has 96 valence electrons. The van der Waals surface area contributed by atoms with Gasteiger partial charge in [0.25, 0.3) is 6.43 Å².